The normalized spacial score (nSPS) is 17.9. The lowest BCUT2D eigenvalue weighted by atomic mass is 10.1. The molecule has 0 spiro atoms. The predicted molar refractivity (Wildman–Crippen MR) is 57.8 cm³/mol. The first-order chi connectivity index (χ1) is 6.02. The van der Waals surface area contributed by atoms with Crippen LogP contribution in [0.3, 0.4) is 0 Å². The zero-order chi connectivity index (χ0) is 11.6. The van der Waals surface area contributed by atoms with Crippen molar-refractivity contribution in [3.8, 4) is 0 Å². The fraction of sp³-hybridized carbons (Fsp3) is 1.00. The third-order valence-corrected chi connectivity index (χ3v) is 4.89. The first-order valence-corrected chi connectivity index (χ1v) is 6.32. The summed E-state index contributed by atoms with van der Waals surface area (Å²) in [5.41, 5.74) is 4.21. The highest BCUT2D eigenvalue weighted by atomic mass is 32.2. The van der Waals surface area contributed by atoms with Crippen molar-refractivity contribution in [2.75, 3.05) is 12.3 Å². The summed E-state index contributed by atoms with van der Waals surface area (Å²) in [6.45, 7) is 6.58. The number of rotatable bonds is 4. The molecule has 0 bridgehead atoms. The lowest BCUT2D eigenvalue weighted by Gasteiger charge is -2.24. The average Bonchev–Trinajstić information content (AvgIpc) is 1.99. The lowest BCUT2D eigenvalue weighted by molar-refractivity contribution is 0.0659. The van der Waals surface area contributed by atoms with Crippen molar-refractivity contribution >= 4 is 9.84 Å². The summed E-state index contributed by atoms with van der Waals surface area (Å²) in [5.74, 6) is -0.0271. The Balaban J connectivity index is 4.43. The van der Waals surface area contributed by atoms with E-state index in [1.54, 1.807) is 27.7 Å². The van der Waals surface area contributed by atoms with Crippen LogP contribution in [0.15, 0.2) is 0 Å². The maximum atomic E-state index is 11.7. The molecule has 3 N–H and O–H groups in total. The van der Waals surface area contributed by atoms with Crippen LogP contribution < -0.4 is 5.73 Å². The van der Waals surface area contributed by atoms with Gasteiger partial charge in [0.2, 0.25) is 0 Å². The summed E-state index contributed by atoms with van der Waals surface area (Å²) in [6, 6.07) is 0. The van der Waals surface area contributed by atoms with Crippen molar-refractivity contribution in [2.45, 2.75) is 44.5 Å². The number of aliphatic hydroxyl groups is 1. The highest BCUT2D eigenvalue weighted by Crippen LogP contribution is 2.19. The van der Waals surface area contributed by atoms with Gasteiger partial charge in [-0.05, 0) is 34.1 Å². The molecule has 0 amide bonds. The summed E-state index contributed by atoms with van der Waals surface area (Å²) >= 11 is 0. The molecule has 0 saturated carbocycles. The van der Waals surface area contributed by atoms with Crippen LogP contribution in [0.25, 0.3) is 0 Å². The quantitative estimate of drug-likeness (QED) is 0.718. The van der Waals surface area contributed by atoms with Gasteiger partial charge in [0.05, 0.1) is 16.1 Å². The molecule has 0 aliphatic heterocycles. The Kier molecular flexibility index (Phi) is 4.12. The lowest BCUT2D eigenvalue weighted by Crippen LogP contribution is -2.39. The second-order valence-corrected chi connectivity index (χ2v) is 7.74. The van der Waals surface area contributed by atoms with E-state index in [0.29, 0.717) is 0 Å². The van der Waals surface area contributed by atoms with Crippen LogP contribution in [-0.4, -0.2) is 36.2 Å². The highest BCUT2D eigenvalue weighted by Gasteiger charge is 2.31. The second kappa shape index (κ2) is 4.16. The van der Waals surface area contributed by atoms with Crippen LogP contribution in [0.4, 0.5) is 0 Å². The average molecular weight is 223 g/mol. The van der Waals surface area contributed by atoms with Gasteiger partial charge < -0.3 is 10.8 Å². The number of hydrogen-bond acceptors (Lipinski definition) is 4. The Morgan fingerprint density at radius 3 is 1.93 bits per heavy atom. The van der Waals surface area contributed by atoms with E-state index in [4.69, 9.17) is 5.73 Å². The molecule has 86 valence electrons. The van der Waals surface area contributed by atoms with E-state index in [9.17, 15) is 13.5 Å². The van der Waals surface area contributed by atoms with Gasteiger partial charge in [-0.25, -0.2) is 8.42 Å². The van der Waals surface area contributed by atoms with Gasteiger partial charge in [-0.15, -0.1) is 0 Å². The molecule has 1 unspecified atom stereocenters. The summed E-state index contributed by atoms with van der Waals surface area (Å²) in [6.07, 6.45) is 0.184. The smallest absolute Gasteiger partial charge is 0.155 e. The van der Waals surface area contributed by atoms with Crippen LogP contribution in [-0.2, 0) is 9.84 Å². The van der Waals surface area contributed by atoms with Gasteiger partial charge in [0, 0.05) is 6.54 Å². The molecule has 0 aliphatic carbocycles. The zero-order valence-electron chi connectivity index (χ0n) is 9.37. The molecule has 0 fully saturated rings. The summed E-state index contributed by atoms with van der Waals surface area (Å²) in [7, 11) is -3.16. The Hall–Kier alpha value is -0.130. The monoisotopic (exact) mass is 223 g/mol. The molecule has 0 aromatic heterocycles. The van der Waals surface area contributed by atoms with Crippen molar-refractivity contribution in [1.29, 1.82) is 0 Å². The number of hydrogen-bond donors (Lipinski definition) is 2. The first-order valence-electron chi connectivity index (χ1n) is 4.67. The van der Waals surface area contributed by atoms with E-state index in [-0.39, 0.29) is 18.7 Å². The summed E-state index contributed by atoms with van der Waals surface area (Å²) in [5, 5.41) is 9.56. The summed E-state index contributed by atoms with van der Waals surface area (Å²) in [4.78, 5) is 0. The van der Waals surface area contributed by atoms with E-state index in [0.717, 1.165) is 0 Å². The number of sulfone groups is 1. The molecular formula is C9H21NO3S. The molecule has 1 atom stereocenters. The number of nitrogens with two attached hydrogens (primary N) is 1. The molecule has 4 nitrogen and oxygen atoms in total. The highest BCUT2D eigenvalue weighted by molar-refractivity contribution is 7.92. The molecule has 5 heteroatoms. The molecule has 0 aliphatic rings. The maximum Gasteiger partial charge on any atom is 0.155 e. The van der Waals surface area contributed by atoms with Crippen molar-refractivity contribution in [3.05, 3.63) is 0 Å². The van der Waals surface area contributed by atoms with Gasteiger partial charge in [0.15, 0.2) is 9.84 Å². The van der Waals surface area contributed by atoms with Gasteiger partial charge in [0.1, 0.15) is 0 Å². The first kappa shape index (κ1) is 13.9. The third kappa shape index (κ3) is 3.94. The van der Waals surface area contributed by atoms with Crippen molar-refractivity contribution in [2.24, 2.45) is 5.73 Å². The molecule has 0 aromatic carbocycles. The topological polar surface area (TPSA) is 80.4 Å². The standard InChI is InChI=1S/C9H21NO3S/c1-8(2,3)14(12,13)6-5-9(4,11)7-10/h11H,5-7,10H2,1-4H3. The van der Waals surface area contributed by atoms with Gasteiger partial charge in [-0.1, -0.05) is 0 Å². The maximum absolute atomic E-state index is 11.7. The fourth-order valence-corrected chi connectivity index (χ4v) is 2.08. The second-order valence-electron chi connectivity index (χ2n) is 4.88. The van der Waals surface area contributed by atoms with Crippen molar-refractivity contribution in [3.63, 3.8) is 0 Å². The van der Waals surface area contributed by atoms with Gasteiger partial charge in [-0.2, -0.15) is 0 Å². The largest absolute Gasteiger partial charge is 0.389 e. The van der Waals surface area contributed by atoms with E-state index in [1.165, 1.54) is 0 Å². The Morgan fingerprint density at radius 1 is 1.21 bits per heavy atom. The van der Waals surface area contributed by atoms with Crippen LogP contribution in [0.1, 0.15) is 34.1 Å². The van der Waals surface area contributed by atoms with Crippen LogP contribution in [0.2, 0.25) is 0 Å². The predicted octanol–water partition coefficient (Wildman–Crippen LogP) is 0.299. The molecule has 0 aromatic rings. The molecule has 14 heavy (non-hydrogen) atoms. The Bertz CT molecular complexity index is 275. The molecule has 0 radical (unpaired) electrons. The molecular weight excluding hydrogens is 202 g/mol. The van der Waals surface area contributed by atoms with E-state index in [1.807, 2.05) is 0 Å². The van der Waals surface area contributed by atoms with Gasteiger partial charge >= 0.3 is 0 Å². The Morgan fingerprint density at radius 2 is 1.64 bits per heavy atom. The Labute approximate surface area is 86.4 Å². The SMILES string of the molecule is CC(O)(CN)CCS(=O)(=O)C(C)(C)C. The minimum atomic E-state index is -3.16. The van der Waals surface area contributed by atoms with E-state index < -0.39 is 20.2 Å². The zero-order valence-corrected chi connectivity index (χ0v) is 10.2. The van der Waals surface area contributed by atoms with E-state index >= 15 is 0 Å². The van der Waals surface area contributed by atoms with Crippen molar-refractivity contribution in [1.82, 2.24) is 0 Å². The van der Waals surface area contributed by atoms with Gasteiger partial charge in [-0.3, -0.25) is 0 Å². The summed E-state index contributed by atoms with van der Waals surface area (Å²) < 4.78 is 22.6. The molecule has 0 rings (SSSR count). The fourth-order valence-electron chi connectivity index (χ4n) is 0.762. The van der Waals surface area contributed by atoms with Crippen molar-refractivity contribution < 1.29 is 13.5 Å². The minimum absolute atomic E-state index is 0.0271. The molecule has 0 saturated heterocycles. The minimum Gasteiger partial charge on any atom is -0.389 e. The van der Waals surface area contributed by atoms with Crippen LogP contribution >= 0.6 is 0 Å². The third-order valence-electron chi connectivity index (χ3n) is 2.28. The van der Waals surface area contributed by atoms with E-state index in [2.05, 4.69) is 0 Å². The van der Waals surface area contributed by atoms with Crippen LogP contribution in [0, 0.1) is 0 Å². The van der Waals surface area contributed by atoms with Gasteiger partial charge in [0.25, 0.3) is 0 Å². The molecule has 0 heterocycles. The van der Waals surface area contributed by atoms with Crippen LogP contribution in [0.5, 0.6) is 0 Å².